The van der Waals surface area contributed by atoms with E-state index < -0.39 is 0 Å². The highest BCUT2D eigenvalue weighted by Gasteiger charge is 2.31. The Morgan fingerprint density at radius 1 is 1.05 bits per heavy atom. The highest BCUT2D eigenvalue weighted by atomic mass is 16.5. The summed E-state index contributed by atoms with van der Waals surface area (Å²) in [5.74, 6) is 0. The first-order valence-electron chi connectivity index (χ1n) is 8.04. The van der Waals surface area contributed by atoms with Gasteiger partial charge >= 0.3 is 6.09 Å². The lowest BCUT2D eigenvalue weighted by atomic mass is 9.90. The van der Waals surface area contributed by atoms with Crippen molar-refractivity contribution in [2.24, 2.45) is 0 Å². The average Bonchev–Trinajstić information content (AvgIpc) is 3.32. The highest BCUT2D eigenvalue weighted by Crippen LogP contribution is 2.25. The Kier molecular flexibility index (Phi) is 4.76. The second kappa shape index (κ2) is 6.94. The smallest absolute Gasteiger partial charge is 0.407 e. The molecule has 0 heterocycles. The van der Waals surface area contributed by atoms with Gasteiger partial charge in [0.15, 0.2) is 0 Å². The van der Waals surface area contributed by atoms with Crippen LogP contribution in [0.15, 0.2) is 30.3 Å². The predicted molar refractivity (Wildman–Crippen MR) is 82.0 cm³/mol. The van der Waals surface area contributed by atoms with Gasteiger partial charge in [0.25, 0.3) is 0 Å². The Hall–Kier alpha value is -1.55. The lowest BCUT2D eigenvalue weighted by Crippen LogP contribution is -2.52. The third-order valence-electron chi connectivity index (χ3n) is 4.31. The van der Waals surface area contributed by atoms with Crippen LogP contribution in [0.2, 0.25) is 0 Å². The number of amides is 1. The molecule has 4 heteroatoms. The summed E-state index contributed by atoms with van der Waals surface area (Å²) in [5.41, 5.74) is 1.02. The van der Waals surface area contributed by atoms with Gasteiger partial charge in [0.2, 0.25) is 0 Å². The lowest BCUT2D eigenvalue weighted by molar-refractivity contribution is 0.129. The van der Waals surface area contributed by atoms with Crippen LogP contribution in [-0.2, 0) is 11.3 Å². The summed E-state index contributed by atoms with van der Waals surface area (Å²) in [7, 11) is 0. The lowest BCUT2D eigenvalue weighted by Gasteiger charge is -2.32. The first-order chi connectivity index (χ1) is 10.3. The molecule has 1 aromatic carbocycles. The van der Waals surface area contributed by atoms with Crippen LogP contribution in [-0.4, -0.2) is 24.2 Å². The van der Waals surface area contributed by atoms with E-state index in [9.17, 15) is 4.79 Å². The largest absolute Gasteiger partial charge is 0.445 e. The Bertz CT molecular complexity index is 459. The molecule has 0 bridgehead atoms. The highest BCUT2D eigenvalue weighted by molar-refractivity contribution is 5.67. The molecule has 0 unspecified atom stereocenters. The number of alkyl carbamates (subject to hydrolysis) is 1. The monoisotopic (exact) mass is 288 g/mol. The zero-order valence-corrected chi connectivity index (χ0v) is 12.4. The third kappa shape index (κ3) is 4.46. The number of ether oxygens (including phenoxy) is 1. The van der Waals surface area contributed by atoms with Crippen LogP contribution in [0, 0.1) is 0 Å². The molecule has 0 spiro atoms. The van der Waals surface area contributed by atoms with Gasteiger partial charge < -0.3 is 15.4 Å². The molecule has 0 aliphatic heterocycles. The molecule has 0 radical (unpaired) electrons. The Balaban J connectivity index is 1.45. The van der Waals surface area contributed by atoms with Crippen molar-refractivity contribution in [2.75, 3.05) is 0 Å². The van der Waals surface area contributed by atoms with Crippen molar-refractivity contribution in [1.82, 2.24) is 10.6 Å². The van der Waals surface area contributed by atoms with Gasteiger partial charge in [0.1, 0.15) is 6.61 Å². The summed E-state index contributed by atoms with van der Waals surface area (Å²) in [6, 6.07) is 11.1. The summed E-state index contributed by atoms with van der Waals surface area (Å²) >= 11 is 0. The minimum Gasteiger partial charge on any atom is -0.445 e. The zero-order chi connectivity index (χ0) is 14.5. The van der Waals surface area contributed by atoms with Crippen molar-refractivity contribution in [3.63, 3.8) is 0 Å². The van der Waals surface area contributed by atoms with Crippen LogP contribution in [0.5, 0.6) is 0 Å². The van der Waals surface area contributed by atoms with Gasteiger partial charge in [-0.1, -0.05) is 43.2 Å². The number of carbonyl (C=O) groups excluding carboxylic acids is 1. The fourth-order valence-electron chi connectivity index (χ4n) is 2.97. The summed E-state index contributed by atoms with van der Waals surface area (Å²) in [6.07, 6.45) is 6.90. The molecule has 114 valence electrons. The molecule has 2 fully saturated rings. The van der Waals surface area contributed by atoms with Gasteiger partial charge in [-0.25, -0.2) is 4.79 Å². The number of carbonyl (C=O) groups is 1. The van der Waals surface area contributed by atoms with E-state index in [1.54, 1.807) is 0 Å². The third-order valence-corrected chi connectivity index (χ3v) is 4.31. The van der Waals surface area contributed by atoms with E-state index in [-0.39, 0.29) is 12.1 Å². The standard InChI is InChI=1S/C17H24N2O2/c20-17(21-12-13-6-2-1-3-7-13)19-16-9-5-4-8-15(16)18-14-10-11-14/h1-3,6-7,14-16,18H,4-5,8-12H2,(H,19,20)/t15-,16-/m0/s1. The fourth-order valence-corrected chi connectivity index (χ4v) is 2.97. The van der Waals surface area contributed by atoms with E-state index in [4.69, 9.17) is 4.74 Å². The summed E-state index contributed by atoms with van der Waals surface area (Å²) in [5, 5.41) is 6.70. The molecule has 3 rings (SSSR count). The molecule has 2 N–H and O–H groups in total. The van der Waals surface area contributed by atoms with E-state index in [0.29, 0.717) is 18.7 Å². The molecule has 2 saturated carbocycles. The molecule has 2 aliphatic carbocycles. The maximum atomic E-state index is 12.0. The minimum absolute atomic E-state index is 0.211. The van der Waals surface area contributed by atoms with Crippen molar-refractivity contribution in [3.8, 4) is 0 Å². The number of nitrogens with one attached hydrogen (secondary N) is 2. The first kappa shape index (κ1) is 14.4. The van der Waals surface area contributed by atoms with Crippen LogP contribution in [0.4, 0.5) is 4.79 Å². The number of rotatable bonds is 5. The Morgan fingerprint density at radius 2 is 1.76 bits per heavy atom. The topological polar surface area (TPSA) is 50.4 Å². The summed E-state index contributed by atoms with van der Waals surface area (Å²) in [4.78, 5) is 12.0. The van der Waals surface area contributed by atoms with Crippen LogP contribution < -0.4 is 10.6 Å². The maximum Gasteiger partial charge on any atom is 0.407 e. The number of benzene rings is 1. The molecule has 4 nitrogen and oxygen atoms in total. The predicted octanol–water partition coefficient (Wildman–Crippen LogP) is 2.98. The van der Waals surface area contributed by atoms with Gasteiger partial charge in [0.05, 0.1) is 0 Å². The molecule has 0 aromatic heterocycles. The van der Waals surface area contributed by atoms with E-state index in [2.05, 4.69) is 10.6 Å². The molecule has 21 heavy (non-hydrogen) atoms. The van der Waals surface area contributed by atoms with E-state index in [1.807, 2.05) is 30.3 Å². The second-order valence-corrected chi connectivity index (χ2v) is 6.14. The molecule has 2 aliphatic rings. The van der Waals surface area contributed by atoms with Crippen molar-refractivity contribution in [2.45, 2.75) is 63.3 Å². The van der Waals surface area contributed by atoms with Crippen molar-refractivity contribution >= 4 is 6.09 Å². The Morgan fingerprint density at radius 3 is 2.48 bits per heavy atom. The van der Waals surface area contributed by atoms with Gasteiger partial charge in [0, 0.05) is 18.1 Å². The quantitative estimate of drug-likeness (QED) is 0.876. The minimum atomic E-state index is -0.298. The van der Waals surface area contributed by atoms with E-state index in [1.165, 1.54) is 25.7 Å². The first-order valence-corrected chi connectivity index (χ1v) is 8.04. The van der Waals surface area contributed by atoms with Gasteiger partial charge in [-0.05, 0) is 31.2 Å². The van der Waals surface area contributed by atoms with E-state index in [0.717, 1.165) is 18.4 Å². The van der Waals surface area contributed by atoms with Crippen LogP contribution >= 0.6 is 0 Å². The van der Waals surface area contributed by atoms with Gasteiger partial charge in [-0.3, -0.25) is 0 Å². The van der Waals surface area contributed by atoms with Crippen molar-refractivity contribution in [1.29, 1.82) is 0 Å². The van der Waals surface area contributed by atoms with Gasteiger partial charge in [-0.15, -0.1) is 0 Å². The fraction of sp³-hybridized carbons (Fsp3) is 0.588. The number of hydrogen-bond acceptors (Lipinski definition) is 3. The average molecular weight is 288 g/mol. The molecular formula is C17H24N2O2. The van der Waals surface area contributed by atoms with Crippen molar-refractivity contribution < 1.29 is 9.53 Å². The molecular weight excluding hydrogens is 264 g/mol. The molecule has 0 saturated heterocycles. The van der Waals surface area contributed by atoms with Crippen LogP contribution in [0.1, 0.15) is 44.1 Å². The molecule has 2 atom stereocenters. The zero-order valence-electron chi connectivity index (χ0n) is 12.4. The Labute approximate surface area is 126 Å². The number of hydrogen-bond donors (Lipinski definition) is 2. The normalized spacial score (nSPS) is 25.3. The van der Waals surface area contributed by atoms with Crippen LogP contribution in [0.25, 0.3) is 0 Å². The van der Waals surface area contributed by atoms with Gasteiger partial charge in [-0.2, -0.15) is 0 Å². The van der Waals surface area contributed by atoms with Crippen LogP contribution in [0.3, 0.4) is 0 Å². The summed E-state index contributed by atoms with van der Waals surface area (Å²) in [6.45, 7) is 0.333. The molecule has 1 amide bonds. The SMILES string of the molecule is O=C(N[C@H]1CCCC[C@@H]1NC1CC1)OCc1ccccc1. The maximum absolute atomic E-state index is 12.0. The van der Waals surface area contributed by atoms with E-state index >= 15 is 0 Å². The second-order valence-electron chi connectivity index (χ2n) is 6.14. The molecule has 1 aromatic rings. The van der Waals surface area contributed by atoms with Crippen molar-refractivity contribution in [3.05, 3.63) is 35.9 Å². The summed E-state index contributed by atoms with van der Waals surface area (Å²) < 4.78 is 5.32.